The van der Waals surface area contributed by atoms with E-state index in [2.05, 4.69) is 30.7 Å². The van der Waals surface area contributed by atoms with Gasteiger partial charge in [-0.05, 0) is 19.9 Å². The van der Waals surface area contributed by atoms with Crippen molar-refractivity contribution in [2.75, 3.05) is 0 Å². The first-order chi connectivity index (χ1) is 11.6. The molecule has 0 bridgehead atoms. The fourth-order valence-corrected chi connectivity index (χ4v) is 2.87. The average molecular weight is 343 g/mol. The van der Waals surface area contributed by atoms with Crippen molar-refractivity contribution in [3.63, 3.8) is 0 Å². The summed E-state index contributed by atoms with van der Waals surface area (Å²) in [5.41, 5.74) is 1.70. The summed E-state index contributed by atoms with van der Waals surface area (Å²) >= 11 is 1.56. The summed E-state index contributed by atoms with van der Waals surface area (Å²) in [7, 11) is 0. The number of urea groups is 1. The van der Waals surface area contributed by atoms with Crippen LogP contribution in [-0.2, 0) is 6.54 Å². The summed E-state index contributed by atoms with van der Waals surface area (Å²) in [6.07, 6.45) is 4.68. The molecule has 0 radical (unpaired) electrons. The Morgan fingerprint density at radius 1 is 1.46 bits per heavy atom. The van der Waals surface area contributed by atoms with Crippen molar-refractivity contribution >= 4 is 17.4 Å². The fraction of sp³-hybridized carbons (Fsp3) is 0.267. The molecule has 0 aromatic carbocycles. The number of rotatable bonds is 5. The first-order valence-corrected chi connectivity index (χ1v) is 8.26. The number of amides is 2. The normalized spacial score (nSPS) is 11.9. The molecule has 0 saturated carbocycles. The summed E-state index contributed by atoms with van der Waals surface area (Å²) in [4.78, 5) is 24.7. The number of nitrogens with one attached hydrogen (secondary N) is 2. The third kappa shape index (κ3) is 3.74. The van der Waals surface area contributed by atoms with Crippen LogP contribution in [-0.4, -0.2) is 30.8 Å². The van der Waals surface area contributed by atoms with Crippen molar-refractivity contribution in [1.29, 1.82) is 0 Å². The Labute approximate surface area is 143 Å². The van der Waals surface area contributed by atoms with Crippen LogP contribution in [0.4, 0.5) is 4.79 Å². The van der Waals surface area contributed by atoms with Gasteiger partial charge in [0.1, 0.15) is 12.7 Å². The Kier molecular flexibility index (Phi) is 4.80. The highest BCUT2D eigenvalue weighted by Gasteiger charge is 2.13. The minimum atomic E-state index is -0.262. The molecule has 0 aliphatic carbocycles. The summed E-state index contributed by atoms with van der Waals surface area (Å²) in [5, 5.41) is 12.7. The lowest BCUT2D eigenvalue weighted by molar-refractivity contribution is 0.237. The van der Waals surface area contributed by atoms with Crippen LogP contribution < -0.4 is 10.6 Å². The molecule has 0 spiro atoms. The molecule has 2 N–H and O–H groups in total. The summed E-state index contributed by atoms with van der Waals surface area (Å²) in [6, 6.07) is 3.29. The molecule has 24 heavy (non-hydrogen) atoms. The van der Waals surface area contributed by atoms with Gasteiger partial charge >= 0.3 is 6.03 Å². The topological polar surface area (TPSA) is 97.6 Å². The Morgan fingerprint density at radius 2 is 2.33 bits per heavy atom. The number of pyridine rings is 1. The van der Waals surface area contributed by atoms with Gasteiger partial charge < -0.3 is 10.6 Å². The number of nitrogens with zero attached hydrogens (tertiary/aromatic N) is 5. The van der Waals surface area contributed by atoms with Gasteiger partial charge in [-0.15, -0.1) is 11.3 Å². The molecule has 0 fully saturated rings. The van der Waals surface area contributed by atoms with Crippen molar-refractivity contribution < 1.29 is 4.79 Å². The smallest absolute Gasteiger partial charge is 0.315 e. The number of aromatic nitrogens is 5. The first-order valence-electron chi connectivity index (χ1n) is 7.39. The van der Waals surface area contributed by atoms with Gasteiger partial charge in [-0.1, -0.05) is 6.07 Å². The van der Waals surface area contributed by atoms with E-state index in [0.717, 1.165) is 16.3 Å². The van der Waals surface area contributed by atoms with Gasteiger partial charge in [-0.25, -0.2) is 24.4 Å². The van der Waals surface area contributed by atoms with E-state index in [4.69, 9.17) is 0 Å². The molecule has 3 rings (SSSR count). The predicted molar refractivity (Wildman–Crippen MR) is 89.8 cm³/mol. The summed E-state index contributed by atoms with van der Waals surface area (Å²) < 4.78 is 1.57. The number of carbonyl (C=O) groups is 1. The molecule has 0 aliphatic rings. The lowest BCUT2D eigenvalue weighted by Gasteiger charge is -2.13. The van der Waals surface area contributed by atoms with Crippen LogP contribution in [0.25, 0.3) is 5.82 Å². The second-order valence-electron chi connectivity index (χ2n) is 5.17. The second kappa shape index (κ2) is 7.18. The van der Waals surface area contributed by atoms with Gasteiger partial charge in [0, 0.05) is 23.7 Å². The minimum absolute atomic E-state index is 0.154. The lowest BCUT2D eigenvalue weighted by atomic mass is 10.2. The highest BCUT2D eigenvalue weighted by molar-refractivity contribution is 7.09. The lowest BCUT2D eigenvalue weighted by Crippen LogP contribution is -2.37. The van der Waals surface area contributed by atoms with Crippen LogP contribution in [0.2, 0.25) is 0 Å². The van der Waals surface area contributed by atoms with E-state index in [-0.39, 0.29) is 12.1 Å². The van der Waals surface area contributed by atoms with E-state index >= 15 is 0 Å². The van der Waals surface area contributed by atoms with E-state index < -0.39 is 0 Å². The van der Waals surface area contributed by atoms with E-state index in [9.17, 15) is 4.79 Å². The zero-order chi connectivity index (χ0) is 16.9. The van der Waals surface area contributed by atoms with Crippen molar-refractivity contribution in [3.8, 4) is 5.82 Å². The third-order valence-corrected chi connectivity index (χ3v) is 4.16. The third-order valence-electron chi connectivity index (χ3n) is 3.37. The van der Waals surface area contributed by atoms with Gasteiger partial charge in [0.15, 0.2) is 5.82 Å². The van der Waals surface area contributed by atoms with Gasteiger partial charge in [0.25, 0.3) is 0 Å². The monoisotopic (exact) mass is 343 g/mol. The highest BCUT2D eigenvalue weighted by atomic mass is 32.1. The van der Waals surface area contributed by atoms with E-state index in [1.54, 1.807) is 28.5 Å². The molecule has 3 aromatic heterocycles. The standard InChI is InChI=1S/C15H17N7OS/c1-10(13-7-24-11(2)21-13)20-15(23)18-6-12-4-3-5-17-14(12)22-9-16-8-19-22/h3-5,7-10H,6H2,1-2H3,(H2,18,20,23). The maximum atomic E-state index is 12.1. The molecular formula is C15H17N7OS. The van der Waals surface area contributed by atoms with Gasteiger partial charge in [0.2, 0.25) is 0 Å². The van der Waals surface area contributed by atoms with Gasteiger partial charge in [0.05, 0.1) is 16.7 Å². The summed E-state index contributed by atoms with van der Waals surface area (Å²) in [6.45, 7) is 4.17. The van der Waals surface area contributed by atoms with Gasteiger partial charge in [-0.3, -0.25) is 0 Å². The highest BCUT2D eigenvalue weighted by Crippen LogP contribution is 2.15. The van der Waals surface area contributed by atoms with Crippen LogP contribution >= 0.6 is 11.3 Å². The zero-order valence-corrected chi connectivity index (χ0v) is 14.1. The van der Waals surface area contributed by atoms with Crippen LogP contribution in [0.15, 0.2) is 36.4 Å². The maximum Gasteiger partial charge on any atom is 0.315 e. The molecule has 0 saturated heterocycles. The molecule has 3 aromatic rings. The van der Waals surface area contributed by atoms with E-state index in [0.29, 0.717) is 12.4 Å². The van der Waals surface area contributed by atoms with Crippen molar-refractivity contribution in [3.05, 3.63) is 52.6 Å². The Bertz CT molecular complexity index is 815. The number of hydrogen-bond acceptors (Lipinski definition) is 6. The fourth-order valence-electron chi connectivity index (χ4n) is 2.17. The SMILES string of the molecule is Cc1nc(C(C)NC(=O)NCc2cccnc2-n2cncn2)cs1. The number of carbonyl (C=O) groups excluding carboxylic acids is 1. The largest absolute Gasteiger partial charge is 0.334 e. The van der Waals surface area contributed by atoms with Crippen molar-refractivity contribution in [2.45, 2.75) is 26.4 Å². The number of aryl methyl sites for hydroxylation is 1. The Morgan fingerprint density at radius 3 is 3.04 bits per heavy atom. The summed E-state index contributed by atoms with van der Waals surface area (Å²) in [5.74, 6) is 0.637. The maximum absolute atomic E-state index is 12.1. The molecule has 2 amide bonds. The van der Waals surface area contributed by atoms with Crippen LogP contribution in [0.1, 0.15) is 29.2 Å². The Hall–Kier alpha value is -2.81. The second-order valence-corrected chi connectivity index (χ2v) is 6.23. The van der Waals surface area contributed by atoms with E-state index in [1.165, 1.54) is 6.33 Å². The molecule has 0 aliphatic heterocycles. The molecular weight excluding hydrogens is 326 g/mol. The first kappa shape index (κ1) is 16.1. The van der Waals surface area contributed by atoms with Crippen LogP contribution in [0.3, 0.4) is 0 Å². The van der Waals surface area contributed by atoms with E-state index in [1.807, 2.05) is 31.4 Å². The molecule has 1 unspecified atom stereocenters. The predicted octanol–water partition coefficient (Wildman–Crippen LogP) is 1.99. The zero-order valence-electron chi connectivity index (χ0n) is 13.3. The molecule has 8 nitrogen and oxygen atoms in total. The van der Waals surface area contributed by atoms with Crippen molar-refractivity contribution in [1.82, 2.24) is 35.4 Å². The number of hydrogen-bond donors (Lipinski definition) is 2. The molecule has 124 valence electrons. The molecule has 3 heterocycles. The molecule has 1 atom stereocenters. The quantitative estimate of drug-likeness (QED) is 0.738. The molecule has 9 heteroatoms. The van der Waals surface area contributed by atoms with Crippen LogP contribution in [0, 0.1) is 6.92 Å². The van der Waals surface area contributed by atoms with Gasteiger partial charge in [-0.2, -0.15) is 5.10 Å². The number of thiazole rings is 1. The van der Waals surface area contributed by atoms with Crippen molar-refractivity contribution in [2.24, 2.45) is 0 Å². The Balaban J connectivity index is 1.61. The average Bonchev–Trinajstić information content (AvgIpc) is 3.24. The van der Waals surface area contributed by atoms with Crippen LogP contribution in [0.5, 0.6) is 0 Å². The minimum Gasteiger partial charge on any atom is -0.334 e.